The van der Waals surface area contributed by atoms with Gasteiger partial charge in [0.05, 0.1) is 10.6 Å². The Morgan fingerprint density at radius 2 is 2.00 bits per heavy atom. The van der Waals surface area contributed by atoms with Gasteiger partial charge in [-0.2, -0.15) is 13.2 Å². The second-order valence-electron chi connectivity index (χ2n) is 7.00. The molecule has 1 atom stereocenters. The Hall–Kier alpha value is -2.19. The Morgan fingerprint density at radius 1 is 1.21 bits per heavy atom. The van der Waals surface area contributed by atoms with Crippen molar-refractivity contribution in [3.8, 4) is 0 Å². The number of amides is 2. The summed E-state index contributed by atoms with van der Waals surface area (Å²) in [4.78, 5) is 15.8. The molecular formula is C20H16BrClF3N3O. The lowest BCUT2D eigenvalue weighted by Gasteiger charge is -2.24. The minimum atomic E-state index is -4.59. The maximum Gasteiger partial charge on any atom is 0.417 e. The second-order valence-corrected chi connectivity index (χ2v) is 8.33. The van der Waals surface area contributed by atoms with Crippen LogP contribution < -0.4 is 10.6 Å². The number of benzene rings is 2. The first kappa shape index (κ1) is 20.1. The number of nitrogens with one attached hydrogen (secondary N) is 3. The van der Waals surface area contributed by atoms with Crippen LogP contribution in [-0.4, -0.2) is 17.1 Å². The second kappa shape index (κ2) is 7.57. The first-order valence-corrected chi connectivity index (χ1v) is 10.1. The number of H-pyrrole nitrogens is 1. The van der Waals surface area contributed by atoms with Gasteiger partial charge in [0, 0.05) is 32.8 Å². The molecule has 29 heavy (non-hydrogen) atoms. The van der Waals surface area contributed by atoms with Crippen LogP contribution in [0, 0.1) is 0 Å². The fourth-order valence-corrected chi connectivity index (χ4v) is 4.28. The molecule has 1 heterocycles. The number of anilines is 1. The summed E-state index contributed by atoms with van der Waals surface area (Å²) in [6.45, 7) is 0. The summed E-state index contributed by atoms with van der Waals surface area (Å²) in [6, 6.07) is 8.66. The third-order valence-electron chi connectivity index (χ3n) is 5.01. The van der Waals surface area contributed by atoms with Gasteiger partial charge in [-0.15, -0.1) is 0 Å². The van der Waals surface area contributed by atoms with Crippen LogP contribution in [0.2, 0.25) is 5.02 Å². The lowest BCUT2D eigenvalue weighted by atomic mass is 9.91. The van der Waals surface area contributed by atoms with Gasteiger partial charge in [0.1, 0.15) is 0 Å². The van der Waals surface area contributed by atoms with Crippen LogP contribution in [0.15, 0.2) is 40.9 Å². The molecule has 9 heteroatoms. The third kappa shape index (κ3) is 4.23. The van der Waals surface area contributed by atoms with E-state index in [1.165, 1.54) is 6.07 Å². The van der Waals surface area contributed by atoms with Crippen molar-refractivity contribution in [2.45, 2.75) is 31.5 Å². The molecule has 4 rings (SSSR count). The van der Waals surface area contributed by atoms with Crippen molar-refractivity contribution >= 4 is 50.2 Å². The van der Waals surface area contributed by atoms with Crippen LogP contribution in [0.3, 0.4) is 0 Å². The molecule has 4 nitrogen and oxygen atoms in total. The van der Waals surface area contributed by atoms with Crippen LogP contribution in [0.5, 0.6) is 0 Å². The van der Waals surface area contributed by atoms with Crippen LogP contribution >= 0.6 is 27.5 Å². The van der Waals surface area contributed by atoms with Crippen molar-refractivity contribution in [3.63, 3.8) is 0 Å². The number of aromatic nitrogens is 1. The monoisotopic (exact) mass is 485 g/mol. The lowest BCUT2D eigenvalue weighted by molar-refractivity contribution is -0.137. The van der Waals surface area contributed by atoms with E-state index in [0.29, 0.717) is 6.42 Å². The molecule has 2 aromatic carbocycles. The predicted octanol–water partition coefficient (Wildman–Crippen LogP) is 6.28. The highest BCUT2D eigenvalue weighted by molar-refractivity contribution is 9.10. The van der Waals surface area contributed by atoms with Crippen molar-refractivity contribution in [3.05, 3.63) is 62.7 Å². The average molecular weight is 487 g/mol. The Bertz CT molecular complexity index is 1100. The van der Waals surface area contributed by atoms with Crippen molar-refractivity contribution in [1.29, 1.82) is 0 Å². The molecule has 0 aliphatic heterocycles. The van der Waals surface area contributed by atoms with Gasteiger partial charge in [-0.3, -0.25) is 0 Å². The largest absolute Gasteiger partial charge is 0.417 e. The zero-order valence-corrected chi connectivity index (χ0v) is 17.3. The fourth-order valence-electron chi connectivity index (χ4n) is 3.69. The number of rotatable bonds is 2. The summed E-state index contributed by atoms with van der Waals surface area (Å²) in [5.74, 6) is 0. The topological polar surface area (TPSA) is 56.9 Å². The summed E-state index contributed by atoms with van der Waals surface area (Å²) in [5, 5.41) is 6.03. The van der Waals surface area contributed by atoms with Crippen LogP contribution in [0.4, 0.5) is 23.7 Å². The zero-order valence-electron chi connectivity index (χ0n) is 15.0. The van der Waals surface area contributed by atoms with Crippen molar-refractivity contribution < 1.29 is 18.0 Å². The van der Waals surface area contributed by atoms with Crippen molar-refractivity contribution in [1.82, 2.24) is 10.3 Å². The lowest BCUT2D eigenvalue weighted by Crippen LogP contribution is -2.41. The predicted molar refractivity (Wildman–Crippen MR) is 110 cm³/mol. The maximum absolute atomic E-state index is 13.0. The van der Waals surface area contributed by atoms with Gasteiger partial charge in [0.2, 0.25) is 0 Å². The fraction of sp³-hybridized carbons (Fsp3) is 0.250. The highest BCUT2D eigenvalue weighted by Crippen LogP contribution is 2.36. The Labute approximate surface area is 177 Å². The normalized spacial score (nSPS) is 16.5. The number of halogens is 5. The molecule has 0 saturated heterocycles. The average Bonchev–Trinajstić information content (AvgIpc) is 2.99. The smallest absolute Gasteiger partial charge is 0.358 e. The molecule has 0 saturated carbocycles. The van der Waals surface area contributed by atoms with Crippen molar-refractivity contribution in [2.24, 2.45) is 0 Å². The van der Waals surface area contributed by atoms with E-state index < -0.39 is 22.8 Å². The highest BCUT2D eigenvalue weighted by Gasteiger charge is 2.33. The van der Waals surface area contributed by atoms with Crippen molar-refractivity contribution in [2.75, 3.05) is 5.32 Å². The van der Waals surface area contributed by atoms with Gasteiger partial charge >= 0.3 is 12.2 Å². The third-order valence-corrected chi connectivity index (χ3v) is 5.84. The molecule has 1 aromatic heterocycles. The van der Waals surface area contributed by atoms with Crippen LogP contribution in [0.25, 0.3) is 10.9 Å². The molecule has 152 valence electrons. The van der Waals surface area contributed by atoms with Gasteiger partial charge in [0.15, 0.2) is 0 Å². The van der Waals surface area contributed by atoms with Gasteiger partial charge in [-0.05, 0) is 55.2 Å². The number of hydrogen-bond acceptors (Lipinski definition) is 1. The summed E-state index contributed by atoms with van der Waals surface area (Å²) in [5.41, 5.74) is 2.41. The number of urea groups is 1. The molecule has 2 amide bonds. The summed E-state index contributed by atoms with van der Waals surface area (Å²) in [7, 11) is 0. The Balaban J connectivity index is 1.46. The number of fused-ring (bicyclic) bond motifs is 3. The van der Waals surface area contributed by atoms with Gasteiger partial charge in [-0.1, -0.05) is 33.6 Å². The minimum Gasteiger partial charge on any atom is -0.358 e. The molecule has 0 bridgehead atoms. The standard InChI is InChI=1S/C20H16BrClF3N3O/c21-10-1-4-13-14-8-11(3-6-17(14)28-18(13)7-10)26-19(29)27-12-2-5-16(22)15(9-12)20(23,24)25/h1-2,4-5,7,9,11,28H,3,6,8H2,(H2,26,27,29). The van der Waals surface area contributed by atoms with Gasteiger partial charge in [0.25, 0.3) is 0 Å². The van der Waals surface area contributed by atoms with Crippen LogP contribution in [-0.2, 0) is 19.0 Å². The molecule has 1 unspecified atom stereocenters. The molecule has 1 aliphatic carbocycles. The first-order valence-electron chi connectivity index (χ1n) is 8.94. The SMILES string of the molecule is O=C(Nc1ccc(Cl)c(C(F)(F)F)c1)NC1CCc2[nH]c3cc(Br)ccc3c2C1. The number of hydrogen-bond donors (Lipinski definition) is 3. The molecule has 0 radical (unpaired) electrons. The number of carbonyl (C=O) groups is 1. The molecule has 3 aromatic rings. The molecule has 0 fully saturated rings. The van der Waals surface area contributed by atoms with E-state index in [1.54, 1.807) is 0 Å². The Morgan fingerprint density at radius 3 is 2.76 bits per heavy atom. The van der Waals surface area contributed by atoms with Gasteiger partial charge < -0.3 is 15.6 Å². The van der Waals surface area contributed by atoms with E-state index >= 15 is 0 Å². The summed E-state index contributed by atoms with van der Waals surface area (Å²) >= 11 is 9.07. The Kier molecular flexibility index (Phi) is 5.25. The molecule has 3 N–H and O–H groups in total. The molecule has 0 spiro atoms. The number of aryl methyl sites for hydroxylation is 1. The number of alkyl halides is 3. The van der Waals surface area contributed by atoms with E-state index in [1.807, 2.05) is 18.2 Å². The number of carbonyl (C=O) groups excluding carboxylic acids is 1. The summed E-state index contributed by atoms with van der Waals surface area (Å²) in [6.07, 6.45) is -2.41. The first-order chi connectivity index (χ1) is 13.7. The zero-order chi connectivity index (χ0) is 20.8. The van der Waals surface area contributed by atoms with E-state index in [2.05, 4.69) is 31.5 Å². The molecule has 1 aliphatic rings. The van der Waals surface area contributed by atoms with E-state index in [-0.39, 0.29) is 11.7 Å². The van der Waals surface area contributed by atoms with E-state index in [9.17, 15) is 18.0 Å². The van der Waals surface area contributed by atoms with E-state index in [0.717, 1.165) is 51.6 Å². The van der Waals surface area contributed by atoms with Crippen LogP contribution in [0.1, 0.15) is 23.2 Å². The highest BCUT2D eigenvalue weighted by atomic mass is 79.9. The quantitative estimate of drug-likeness (QED) is 0.392. The van der Waals surface area contributed by atoms with Gasteiger partial charge in [-0.25, -0.2) is 4.79 Å². The maximum atomic E-state index is 13.0. The molecular weight excluding hydrogens is 471 g/mol. The number of aromatic amines is 1. The summed E-state index contributed by atoms with van der Waals surface area (Å²) < 4.78 is 39.9. The minimum absolute atomic E-state index is 0.0349. The van der Waals surface area contributed by atoms with E-state index in [4.69, 9.17) is 11.6 Å².